The van der Waals surface area contributed by atoms with Crippen molar-refractivity contribution in [3.8, 4) is 0 Å². The zero-order valence-electron chi connectivity index (χ0n) is 9.14. The van der Waals surface area contributed by atoms with E-state index < -0.39 is 0 Å². The van der Waals surface area contributed by atoms with E-state index >= 15 is 0 Å². The Kier molecular flexibility index (Phi) is 4.63. The third-order valence-electron chi connectivity index (χ3n) is 2.33. The Balaban J connectivity index is 2.87. The number of para-hydroxylation sites is 1. The van der Waals surface area contributed by atoms with Gasteiger partial charge < -0.3 is 5.32 Å². The Labute approximate surface area is 95.6 Å². The number of hydrogen-bond donors (Lipinski definition) is 1. The molecule has 2 nitrogen and oxygen atoms in total. The standard InChI is InChI=1S/C12H16ClNO/c1-3-10-6-4-5-9(2)12(10)14-11(15)7-8-13/h4-6H,3,7-8H2,1-2H3,(H,14,15). The van der Waals surface area contributed by atoms with Crippen LogP contribution in [0.25, 0.3) is 0 Å². The lowest BCUT2D eigenvalue weighted by atomic mass is 10.1. The van der Waals surface area contributed by atoms with Gasteiger partial charge in [0.25, 0.3) is 0 Å². The monoisotopic (exact) mass is 225 g/mol. The summed E-state index contributed by atoms with van der Waals surface area (Å²) in [5.74, 6) is 0.341. The first-order valence-electron chi connectivity index (χ1n) is 5.13. The molecule has 0 aliphatic rings. The Hall–Kier alpha value is -1.02. The summed E-state index contributed by atoms with van der Waals surface area (Å²) in [5.41, 5.74) is 3.20. The SMILES string of the molecule is CCc1cccc(C)c1NC(=O)CCCl. The molecule has 0 aliphatic carbocycles. The first-order chi connectivity index (χ1) is 7.19. The summed E-state index contributed by atoms with van der Waals surface area (Å²) < 4.78 is 0. The van der Waals surface area contributed by atoms with Crippen LogP contribution in [0.15, 0.2) is 18.2 Å². The molecule has 1 rings (SSSR count). The van der Waals surface area contributed by atoms with Gasteiger partial charge in [-0.05, 0) is 24.5 Å². The number of aryl methyl sites for hydroxylation is 2. The molecule has 1 N–H and O–H groups in total. The van der Waals surface area contributed by atoms with Crippen molar-refractivity contribution < 1.29 is 4.79 Å². The first kappa shape index (κ1) is 12.1. The van der Waals surface area contributed by atoms with Crippen LogP contribution >= 0.6 is 11.6 Å². The average Bonchev–Trinajstić information content (AvgIpc) is 2.21. The van der Waals surface area contributed by atoms with Gasteiger partial charge in [-0.25, -0.2) is 0 Å². The lowest BCUT2D eigenvalue weighted by Gasteiger charge is -2.12. The highest BCUT2D eigenvalue weighted by Crippen LogP contribution is 2.21. The summed E-state index contributed by atoms with van der Waals surface area (Å²) >= 11 is 5.52. The lowest BCUT2D eigenvalue weighted by Crippen LogP contribution is -2.14. The van der Waals surface area contributed by atoms with E-state index in [1.54, 1.807) is 0 Å². The molecule has 0 spiro atoms. The summed E-state index contributed by atoms with van der Waals surface area (Å²) in [6.07, 6.45) is 1.28. The van der Waals surface area contributed by atoms with E-state index in [2.05, 4.69) is 12.2 Å². The number of amides is 1. The predicted molar refractivity (Wildman–Crippen MR) is 64.5 cm³/mol. The fourth-order valence-electron chi connectivity index (χ4n) is 1.49. The van der Waals surface area contributed by atoms with Gasteiger partial charge in [0.1, 0.15) is 0 Å². The molecule has 15 heavy (non-hydrogen) atoms. The zero-order valence-corrected chi connectivity index (χ0v) is 9.90. The van der Waals surface area contributed by atoms with E-state index in [9.17, 15) is 4.79 Å². The van der Waals surface area contributed by atoms with Gasteiger partial charge in [-0.15, -0.1) is 11.6 Å². The maximum Gasteiger partial charge on any atom is 0.225 e. The number of anilines is 1. The Morgan fingerprint density at radius 3 is 2.80 bits per heavy atom. The molecule has 82 valence electrons. The number of nitrogens with one attached hydrogen (secondary N) is 1. The van der Waals surface area contributed by atoms with E-state index in [0.29, 0.717) is 12.3 Å². The third-order valence-corrected chi connectivity index (χ3v) is 2.51. The number of carbonyl (C=O) groups is 1. The number of hydrogen-bond acceptors (Lipinski definition) is 1. The molecule has 0 unspecified atom stereocenters. The summed E-state index contributed by atoms with van der Waals surface area (Å²) in [4.78, 5) is 11.4. The van der Waals surface area contributed by atoms with Gasteiger partial charge in [-0.1, -0.05) is 25.1 Å². The number of rotatable bonds is 4. The van der Waals surface area contributed by atoms with Crippen molar-refractivity contribution >= 4 is 23.2 Å². The van der Waals surface area contributed by atoms with Crippen molar-refractivity contribution in [3.05, 3.63) is 29.3 Å². The van der Waals surface area contributed by atoms with E-state index in [1.165, 1.54) is 0 Å². The molecule has 1 amide bonds. The maximum absolute atomic E-state index is 11.4. The molecule has 0 aliphatic heterocycles. The smallest absolute Gasteiger partial charge is 0.225 e. The van der Waals surface area contributed by atoms with Crippen molar-refractivity contribution in [1.29, 1.82) is 0 Å². The van der Waals surface area contributed by atoms with Gasteiger partial charge in [0.05, 0.1) is 0 Å². The highest BCUT2D eigenvalue weighted by atomic mass is 35.5. The molecular weight excluding hydrogens is 210 g/mol. The molecule has 0 atom stereocenters. The minimum absolute atomic E-state index is 0.0194. The Bertz CT molecular complexity index is 349. The largest absolute Gasteiger partial charge is 0.326 e. The molecule has 0 aromatic heterocycles. The minimum atomic E-state index is -0.0194. The van der Waals surface area contributed by atoms with Crippen LogP contribution in [-0.4, -0.2) is 11.8 Å². The van der Waals surface area contributed by atoms with Crippen molar-refractivity contribution in [3.63, 3.8) is 0 Å². The molecule has 0 fully saturated rings. The van der Waals surface area contributed by atoms with E-state index in [-0.39, 0.29) is 5.91 Å². The van der Waals surface area contributed by atoms with Gasteiger partial charge >= 0.3 is 0 Å². The summed E-state index contributed by atoms with van der Waals surface area (Å²) in [7, 11) is 0. The van der Waals surface area contributed by atoms with Crippen LogP contribution in [-0.2, 0) is 11.2 Å². The zero-order chi connectivity index (χ0) is 11.3. The molecule has 0 saturated carbocycles. The van der Waals surface area contributed by atoms with Crippen LogP contribution in [0.1, 0.15) is 24.5 Å². The average molecular weight is 226 g/mol. The number of carbonyl (C=O) groups excluding carboxylic acids is 1. The van der Waals surface area contributed by atoms with E-state index in [1.807, 2.05) is 25.1 Å². The second-order valence-electron chi connectivity index (χ2n) is 3.45. The Morgan fingerprint density at radius 1 is 1.47 bits per heavy atom. The van der Waals surface area contributed by atoms with Crippen molar-refractivity contribution in [2.24, 2.45) is 0 Å². The molecule has 0 bridgehead atoms. The molecular formula is C12H16ClNO. The predicted octanol–water partition coefficient (Wildman–Crippen LogP) is 3.12. The highest BCUT2D eigenvalue weighted by Gasteiger charge is 2.07. The molecule has 3 heteroatoms. The first-order valence-corrected chi connectivity index (χ1v) is 5.66. The molecule has 0 saturated heterocycles. The molecule has 0 radical (unpaired) electrons. The molecule has 1 aromatic carbocycles. The van der Waals surface area contributed by atoms with Crippen LogP contribution in [0.5, 0.6) is 0 Å². The van der Waals surface area contributed by atoms with Crippen LogP contribution in [0.3, 0.4) is 0 Å². The van der Waals surface area contributed by atoms with Crippen LogP contribution in [0.4, 0.5) is 5.69 Å². The topological polar surface area (TPSA) is 29.1 Å². The fraction of sp³-hybridized carbons (Fsp3) is 0.417. The fourth-order valence-corrected chi connectivity index (χ4v) is 1.66. The quantitative estimate of drug-likeness (QED) is 0.784. The summed E-state index contributed by atoms with van der Waals surface area (Å²) in [6, 6.07) is 6.03. The van der Waals surface area contributed by atoms with Gasteiger partial charge in [-0.2, -0.15) is 0 Å². The van der Waals surface area contributed by atoms with Crippen molar-refractivity contribution in [2.45, 2.75) is 26.7 Å². The number of alkyl halides is 1. The van der Waals surface area contributed by atoms with E-state index in [0.717, 1.165) is 23.2 Å². The van der Waals surface area contributed by atoms with Gasteiger partial charge in [0.15, 0.2) is 0 Å². The van der Waals surface area contributed by atoms with Crippen molar-refractivity contribution in [2.75, 3.05) is 11.2 Å². The van der Waals surface area contributed by atoms with Gasteiger partial charge in [0.2, 0.25) is 5.91 Å². The third kappa shape index (κ3) is 3.24. The normalized spacial score (nSPS) is 10.1. The number of halogens is 1. The van der Waals surface area contributed by atoms with Gasteiger partial charge in [0, 0.05) is 18.0 Å². The summed E-state index contributed by atoms with van der Waals surface area (Å²) in [6.45, 7) is 4.07. The second-order valence-corrected chi connectivity index (χ2v) is 3.83. The minimum Gasteiger partial charge on any atom is -0.326 e. The van der Waals surface area contributed by atoms with Crippen LogP contribution in [0.2, 0.25) is 0 Å². The Morgan fingerprint density at radius 2 is 2.20 bits per heavy atom. The molecule has 0 heterocycles. The van der Waals surface area contributed by atoms with Crippen LogP contribution in [0, 0.1) is 6.92 Å². The molecule has 1 aromatic rings. The summed E-state index contributed by atoms with van der Waals surface area (Å²) in [5, 5.41) is 2.91. The lowest BCUT2D eigenvalue weighted by molar-refractivity contribution is -0.115. The van der Waals surface area contributed by atoms with E-state index in [4.69, 9.17) is 11.6 Å². The van der Waals surface area contributed by atoms with Crippen LogP contribution < -0.4 is 5.32 Å². The van der Waals surface area contributed by atoms with Gasteiger partial charge in [-0.3, -0.25) is 4.79 Å². The highest BCUT2D eigenvalue weighted by molar-refractivity contribution is 6.19. The second kappa shape index (κ2) is 5.76. The van der Waals surface area contributed by atoms with Crippen molar-refractivity contribution in [1.82, 2.24) is 0 Å². The number of benzene rings is 1. The maximum atomic E-state index is 11.4.